The molecule has 3 nitrogen and oxygen atoms in total. The van der Waals surface area contributed by atoms with Crippen LogP contribution < -0.4 is 5.73 Å². The standard InChI is InChI=1S/C16H24FN3/c1-4-5-6-9-16(2,3)11-20-14-10-12(17)7-8-13(14)19-15(20)18/h7-8,10H,4-6,9,11H2,1-3H3,(H2,18,19). The third-order valence-corrected chi connectivity index (χ3v) is 3.78. The van der Waals surface area contributed by atoms with Gasteiger partial charge in [-0.25, -0.2) is 9.37 Å². The molecule has 2 N–H and O–H groups in total. The summed E-state index contributed by atoms with van der Waals surface area (Å²) in [4.78, 5) is 4.31. The van der Waals surface area contributed by atoms with Crippen molar-refractivity contribution in [2.45, 2.75) is 53.0 Å². The Morgan fingerprint density at radius 1 is 1.30 bits per heavy atom. The minimum Gasteiger partial charge on any atom is -0.369 e. The molecular weight excluding hydrogens is 253 g/mol. The van der Waals surface area contributed by atoms with E-state index < -0.39 is 0 Å². The van der Waals surface area contributed by atoms with Gasteiger partial charge in [0, 0.05) is 6.54 Å². The van der Waals surface area contributed by atoms with Crippen molar-refractivity contribution in [3.05, 3.63) is 24.0 Å². The Balaban J connectivity index is 2.24. The molecule has 0 atom stereocenters. The van der Waals surface area contributed by atoms with Crippen molar-refractivity contribution >= 4 is 17.0 Å². The van der Waals surface area contributed by atoms with Crippen LogP contribution in [0.3, 0.4) is 0 Å². The van der Waals surface area contributed by atoms with Gasteiger partial charge in [0.2, 0.25) is 5.95 Å². The van der Waals surface area contributed by atoms with Crippen LogP contribution in [-0.2, 0) is 6.54 Å². The van der Waals surface area contributed by atoms with E-state index in [4.69, 9.17) is 5.73 Å². The maximum Gasteiger partial charge on any atom is 0.201 e. The quantitative estimate of drug-likeness (QED) is 0.797. The third-order valence-electron chi connectivity index (χ3n) is 3.78. The summed E-state index contributed by atoms with van der Waals surface area (Å²) >= 11 is 0. The highest BCUT2D eigenvalue weighted by molar-refractivity contribution is 5.78. The number of nitrogens with two attached hydrogens (primary N) is 1. The van der Waals surface area contributed by atoms with E-state index >= 15 is 0 Å². The summed E-state index contributed by atoms with van der Waals surface area (Å²) in [6, 6.07) is 4.62. The number of anilines is 1. The summed E-state index contributed by atoms with van der Waals surface area (Å²) in [5.41, 5.74) is 7.66. The van der Waals surface area contributed by atoms with Crippen molar-refractivity contribution in [1.29, 1.82) is 0 Å². The van der Waals surface area contributed by atoms with Gasteiger partial charge in [0.25, 0.3) is 0 Å². The smallest absolute Gasteiger partial charge is 0.201 e. The molecular formula is C16H24FN3. The first-order valence-corrected chi connectivity index (χ1v) is 7.34. The Morgan fingerprint density at radius 2 is 2.05 bits per heavy atom. The molecule has 0 aliphatic rings. The molecule has 0 fully saturated rings. The first kappa shape index (κ1) is 14.8. The van der Waals surface area contributed by atoms with Crippen LogP contribution in [0, 0.1) is 11.2 Å². The van der Waals surface area contributed by atoms with Crippen LogP contribution in [-0.4, -0.2) is 9.55 Å². The first-order chi connectivity index (χ1) is 9.43. The van der Waals surface area contributed by atoms with E-state index in [9.17, 15) is 4.39 Å². The minimum absolute atomic E-state index is 0.128. The lowest BCUT2D eigenvalue weighted by Crippen LogP contribution is -2.21. The van der Waals surface area contributed by atoms with Gasteiger partial charge in [0.15, 0.2) is 0 Å². The largest absolute Gasteiger partial charge is 0.369 e. The minimum atomic E-state index is -0.248. The lowest BCUT2D eigenvalue weighted by Gasteiger charge is -2.26. The van der Waals surface area contributed by atoms with E-state index in [1.165, 1.54) is 31.4 Å². The van der Waals surface area contributed by atoms with Gasteiger partial charge in [-0.1, -0.05) is 40.0 Å². The Hall–Kier alpha value is -1.58. The second-order valence-corrected chi connectivity index (χ2v) is 6.31. The summed E-state index contributed by atoms with van der Waals surface area (Å²) in [7, 11) is 0. The van der Waals surface area contributed by atoms with Crippen LogP contribution in [0.4, 0.5) is 10.3 Å². The second kappa shape index (κ2) is 5.81. The number of hydrogen-bond acceptors (Lipinski definition) is 2. The summed E-state index contributed by atoms with van der Waals surface area (Å²) in [6.07, 6.45) is 4.81. The number of nitrogen functional groups attached to an aromatic ring is 1. The lowest BCUT2D eigenvalue weighted by molar-refractivity contribution is 0.276. The van der Waals surface area contributed by atoms with Crippen LogP contribution in [0.25, 0.3) is 11.0 Å². The van der Waals surface area contributed by atoms with Gasteiger partial charge in [-0.15, -0.1) is 0 Å². The average molecular weight is 277 g/mol. The van der Waals surface area contributed by atoms with E-state index in [0.717, 1.165) is 24.0 Å². The van der Waals surface area contributed by atoms with Crippen LogP contribution in [0.2, 0.25) is 0 Å². The summed E-state index contributed by atoms with van der Waals surface area (Å²) in [5, 5.41) is 0. The molecule has 2 aromatic rings. The zero-order valence-corrected chi connectivity index (χ0v) is 12.6. The predicted molar refractivity (Wildman–Crippen MR) is 82.0 cm³/mol. The van der Waals surface area contributed by atoms with Gasteiger partial charge in [-0.3, -0.25) is 0 Å². The number of imidazole rings is 1. The van der Waals surface area contributed by atoms with E-state index in [1.807, 2.05) is 4.57 Å². The molecule has 0 bridgehead atoms. The molecule has 0 radical (unpaired) electrons. The van der Waals surface area contributed by atoms with E-state index in [1.54, 1.807) is 6.07 Å². The van der Waals surface area contributed by atoms with Crippen molar-refractivity contribution in [3.8, 4) is 0 Å². The van der Waals surface area contributed by atoms with Crippen molar-refractivity contribution < 1.29 is 4.39 Å². The van der Waals surface area contributed by atoms with Gasteiger partial charge >= 0.3 is 0 Å². The monoisotopic (exact) mass is 277 g/mol. The maximum absolute atomic E-state index is 13.4. The molecule has 0 spiro atoms. The molecule has 0 unspecified atom stereocenters. The number of unbranched alkanes of at least 4 members (excludes halogenated alkanes) is 2. The molecule has 1 aromatic carbocycles. The molecule has 4 heteroatoms. The first-order valence-electron chi connectivity index (χ1n) is 7.34. The zero-order valence-electron chi connectivity index (χ0n) is 12.6. The SMILES string of the molecule is CCCCCC(C)(C)Cn1c(N)nc2ccc(F)cc21. The number of aromatic nitrogens is 2. The molecule has 110 valence electrons. The average Bonchev–Trinajstić information content (AvgIpc) is 2.66. The number of halogens is 1. The highest BCUT2D eigenvalue weighted by Gasteiger charge is 2.21. The summed E-state index contributed by atoms with van der Waals surface area (Å²) in [5.74, 6) is 0.219. The highest BCUT2D eigenvalue weighted by atomic mass is 19.1. The molecule has 0 aliphatic carbocycles. The fourth-order valence-corrected chi connectivity index (χ4v) is 2.64. The van der Waals surface area contributed by atoms with Crippen LogP contribution >= 0.6 is 0 Å². The van der Waals surface area contributed by atoms with Gasteiger partial charge in [0.05, 0.1) is 11.0 Å². The van der Waals surface area contributed by atoms with Crippen molar-refractivity contribution in [2.75, 3.05) is 5.73 Å². The van der Waals surface area contributed by atoms with Gasteiger partial charge in [-0.2, -0.15) is 0 Å². The highest BCUT2D eigenvalue weighted by Crippen LogP contribution is 2.29. The van der Waals surface area contributed by atoms with Gasteiger partial charge in [0.1, 0.15) is 5.82 Å². The number of hydrogen-bond donors (Lipinski definition) is 1. The van der Waals surface area contributed by atoms with Crippen LogP contribution in [0.15, 0.2) is 18.2 Å². The summed E-state index contributed by atoms with van der Waals surface area (Å²) in [6.45, 7) is 7.43. The van der Waals surface area contributed by atoms with Crippen molar-refractivity contribution in [2.24, 2.45) is 5.41 Å². The predicted octanol–water partition coefficient (Wildman–Crippen LogP) is 4.36. The van der Waals surface area contributed by atoms with Crippen molar-refractivity contribution in [1.82, 2.24) is 9.55 Å². The fourth-order valence-electron chi connectivity index (χ4n) is 2.64. The second-order valence-electron chi connectivity index (χ2n) is 6.31. The number of nitrogens with zero attached hydrogens (tertiary/aromatic N) is 2. The molecule has 2 rings (SSSR count). The maximum atomic E-state index is 13.4. The normalized spacial score (nSPS) is 12.2. The van der Waals surface area contributed by atoms with Crippen LogP contribution in [0.1, 0.15) is 46.5 Å². The molecule has 20 heavy (non-hydrogen) atoms. The van der Waals surface area contributed by atoms with Gasteiger partial charge < -0.3 is 10.3 Å². The molecule has 1 heterocycles. The topological polar surface area (TPSA) is 43.8 Å². The Bertz CT molecular complexity index is 587. The number of fused-ring (bicyclic) bond motifs is 1. The van der Waals surface area contributed by atoms with Crippen molar-refractivity contribution in [3.63, 3.8) is 0 Å². The third kappa shape index (κ3) is 3.30. The Morgan fingerprint density at radius 3 is 2.75 bits per heavy atom. The summed E-state index contributed by atoms with van der Waals surface area (Å²) < 4.78 is 15.4. The van der Waals surface area contributed by atoms with E-state index in [0.29, 0.717) is 5.95 Å². The lowest BCUT2D eigenvalue weighted by atomic mass is 9.86. The van der Waals surface area contributed by atoms with Crippen LogP contribution in [0.5, 0.6) is 0 Å². The molecule has 0 aliphatic heterocycles. The van der Waals surface area contributed by atoms with E-state index in [2.05, 4.69) is 25.8 Å². The molecule has 0 amide bonds. The zero-order chi connectivity index (χ0) is 14.8. The number of rotatable bonds is 6. The molecule has 0 saturated heterocycles. The molecule has 1 aromatic heterocycles. The Kier molecular flexibility index (Phi) is 4.31. The molecule has 0 saturated carbocycles. The Labute approximate surface area is 120 Å². The van der Waals surface area contributed by atoms with E-state index in [-0.39, 0.29) is 11.2 Å². The fraction of sp³-hybridized carbons (Fsp3) is 0.562. The van der Waals surface area contributed by atoms with Gasteiger partial charge in [-0.05, 0) is 30.0 Å². The number of benzene rings is 1.